The fourth-order valence-corrected chi connectivity index (χ4v) is 5.61. The average molecular weight is 645 g/mol. The molecule has 16 heteroatoms. The number of fused-ring (bicyclic) bond motifs is 1. The summed E-state index contributed by atoms with van der Waals surface area (Å²) in [5, 5.41) is 41.3. The molecule has 1 saturated heterocycles. The summed E-state index contributed by atoms with van der Waals surface area (Å²) >= 11 is 12.8. The second-order valence-corrected chi connectivity index (χ2v) is 10.8. The Balaban J connectivity index is 1.50. The van der Waals surface area contributed by atoms with E-state index in [1.807, 2.05) is 0 Å². The molecule has 7 N–H and O–H groups in total. The minimum Gasteiger partial charge on any atom is -0.480 e. The van der Waals surface area contributed by atoms with Crippen molar-refractivity contribution in [1.29, 1.82) is 5.26 Å². The van der Waals surface area contributed by atoms with Gasteiger partial charge in [-0.2, -0.15) is 10.4 Å². The molecule has 3 atom stereocenters. The molecule has 232 valence electrons. The number of carboxylic acid groups (broad SMARTS) is 1. The van der Waals surface area contributed by atoms with Crippen molar-refractivity contribution in [2.75, 3.05) is 38.6 Å². The number of guanidine groups is 1. The van der Waals surface area contributed by atoms with Crippen molar-refractivity contribution in [2.24, 2.45) is 10.7 Å². The lowest BCUT2D eigenvalue weighted by Gasteiger charge is -2.30. The third-order valence-corrected chi connectivity index (χ3v) is 8.09. The highest BCUT2D eigenvalue weighted by Crippen LogP contribution is 2.31. The number of aliphatic hydroxyl groups is 1. The van der Waals surface area contributed by atoms with E-state index in [0.717, 1.165) is 10.9 Å². The quantitative estimate of drug-likeness (QED) is 0.0559. The number of likely N-dealkylation sites (tertiary alicyclic amines) is 1. The first-order valence-corrected chi connectivity index (χ1v) is 14.4. The van der Waals surface area contributed by atoms with Crippen LogP contribution in [0.25, 0.3) is 10.9 Å². The normalized spacial score (nSPS) is 20.2. The number of aromatic nitrogens is 2. The standard InChI is InChI=1S/C28H31Cl2N9O5/c1-2-15-11-38(26(42)16-3-4-17-9-35-37-21(17)7-16)6-5-18(15)24(30)19(8-29)25(41)36-22(27(43)44)10-33-28(34-14-31)39-12-20(32)23(40)13-39/h2-4,7,9,20,22-23,40H,1,5-6,8,10-13,32H2,(H,33,34)(H,35,37)(H,36,41)(H,43,44)/b24-19-/t20-,22+,23-/m1/s1. The van der Waals surface area contributed by atoms with E-state index in [1.54, 1.807) is 41.6 Å². The fraction of sp³-hybridized carbons (Fsp3) is 0.357. The number of carbonyl (C=O) groups excluding carboxylic acids is 2. The fourth-order valence-electron chi connectivity index (χ4n) is 4.92. The van der Waals surface area contributed by atoms with Gasteiger partial charge < -0.3 is 31.1 Å². The zero-order chi connectivity index (χ0) is 32.0. The summed E-state index contributed by atoms with van der Waals surface area (Å²) in [5.41, 5.74) is 8.16. The maximum Gasteiger partial charge on any atom is 0.328 e. The summed E-state index contributed by atoms with van der Waals surface area (Å²) in [6, 6.07) is 3.19. The lowest BCUT2D eigenvalue weighted by atomic mass is 9.96. The molecule has 14 nitrogen and oxygen atoms in total. The molecule has 0 aliphatic carbocycles. The monoisotopic (exact) mass is 643 g/mol. The van der Waals surface area contributed by atoms with Gasteiger partial charge in [-0.25, -0.2) is 9.79 Å². The number of nitriles is 1. The molecule has 2 aliphatic heterocycles. The number of allylic oxidation sites excluding steroid dienone is 1. The van der Waals surface area contributed by atoms with Gasteiger partial charge in [0.05, 0.1) is 40.8 Å². The smallest absolute Gasteiger partial charge is 0.328 e. The number of benzene rings is 1. The van der Waals surface area contributed by atoms with Gasteiger partial charge in [-0.15, -0.1) is 11.6 Å². The number of amides is 2. The van der Waals surface area contributed by atoms with Crippen LogP contribution < -0.4 is 16.4 Å². The number of nitrogens with two attached hydrogens (primary N) is 1. The van der Waals surface area contributed by atoms with Gasteiger partial charge in [0.15, 0.2) is 6.19 Å². The van der Waals surface area contributed by atoms with Crippen molar-refractivity contribution in [3.8, 4) is 6.19 Å². The van der Waals surface area contributed by atoms with Crippen LogP contribution in [-0.2, 0) is 9.59 Å². The lowest BCUT2D eigenvalue weighted by Crippen LogP contribution is -2.45. The van der Waals surface area contributed by atoms with Gasteiger partial charge in [0.25, 0.3) is 11.8 Å². The molecule has 0 bridgehead atoms. The lowest BCUT2D eigenvalue weighted by molar-refractivity contribution is -0.141. The number of alkyl halides is 1. The van der Waals surface area contributed by atoms with Gasteiger partial charge >= 0.3 is 5.97 Å². The van der Waals surface area contributed by atoms with Crippen LogP contribution in [0.5, 0.6) is 0 Å². The van der Waals surface area contributed by atoms with Crippen LogP contribution in [0.1, 0.15) is 16.8 Å². The third kappa shape index (κ3) is 7.20. The molecule has 2 amide bonds. The second kappa shape index (κ2) is 14.4. The number of hydrogen-bond acceptors (Lipinski definition) is 8. The Morgan fingerprint density at radius 3 is 2.75 bits per heavy atom. The first-order chi connectivity index (χ1) is 21.1. The maximum absolute atomic E-state index is 13.2. The van der Waals surface area contributed by atoms with E-state index in [9.17, 15) is 24.6 Å². The van der Waals surface area contributed by atoms with E-state index in [1.165, 1.54) is 4.90 Å². The third-order valence-electron chi connectivity index (χ3n) is 7.37. The molecule has 4 rings (SSSR count). The zero-order valence-electron chi connectivity index (χ0n) is 23.5. The van der Waals surface area contributed by atoms with E-state index in [0.29, 0.717) is 29.7 Å². The van der Waals surface area contributed by atoms with Crippen LogP contribution in [0.2, 0.25) is 0 Å². The topological polar surface area (TPSA) is 213 Å². The molecule has 1 aromatic heterocycles. The van der Waals surface area contributed by atoms with Crippen molar-refractivity contribution in [2.45, 2.75) is 24.6 Å². The molecule has 0 saturated carbocycles. The van der Waals surface area contributed by atoms with Crippen LogP contribution in [-0.4, -0.2) is 111 Å². The van der Waals surface area contributed by atoms with Gasteiger partial charge in [0.2, 0.25) is 5.96 Å². The van der Waals surface area contributed by atoms with Crippen molar-refractivity contribution in [3.63, 3.8) is 0 Å². The Labute approximate surface area is 262 Å². The summed E-state index contributed by atoms with van der Waals surface area (Å²) < 4.78 is 0. The largest absolute Gasteiger partial charge is 0.480 e. The van der Waals surface area contributed by atoms with Crippen LogP contribution in [0, 0.1) is 11.5 Å². The number of carboxylic acids is 1. The van der Waals surface area contributed by atoms with Gasteiger partial charge in [-0.05, 0) is 29.7 Å². The minimum absolute atomic E-state index is 0.0118. The number of aromatic amines is 1. The van der Waals surface area contributed by atoms with E-state index < -0.39 is 36.6 Å². The second-order valence-electron chi connectivity index (χ2n) is 10.2. The number of aliphatic carboxylic acids is 1. The molecule has 0 unspecified atom stereocenters. The van der Waals surface area contributed by atoms with Gasteiger partial charge in [0.1, 0.15) is 6.04 Å². The number of carbonyl (C=O) groups is 3. The SMILES string of the molecule is C=CC1=C(/C(Cl)=C(\CCl)C(=O)N[C@@H](CN=C(NC#N)N2C[C@@H](N)[C@H](O)C2)C(=O)O)CCN(C(=O)c2ccc3cn[nH]c3c2)C1. The van der Waals surface area contributed by atoms with Crippen molar-refractivity contribution in [3.05, 3.63) is 64.4 Å². The molecule has 0 spiro atoms. The highest BCUT2D eigenvalue weighted by molar-refractivity contribution is 6.36. The van der Waals surface area contributed by atoms with Gasteiger partial charge in [-0.3, -0.25) is 20.0 Å². The average Bonchev–Trinajstić information content (AvgIpc) is 3.62. The van der Waals surface area contributed by atoms with Crippen molar-refractivity contribution >= 4 is 57.8 Å². The highest BCUT2D eigenvalue weighted by atomic mass is 35.5. The van der Waals surface area contributed by atoms with E-state index in [-0.39, 0.29) is 48.0 Å². The summed E-state index contributed by atoms with van der Waals surface area (Å²) in [6.45, 7) is 4.17. The number of aliphatic hydroxyl groups excluding tert-OH is 1. The van der Waals surface area contributed by atoms with Crippen LogP contribution in [0.15, 0.2) is 63.8 Å². The first kappa shape index (κ1) is 32.5. The van der Waals surface area contributed by atoms with Gasteiger partial charge in [0, 0.05) is 43.2 Å². The number of H-pyrrole nitrogens is 1. The Bertz CT molecular complexity index is 1580. The molecule has 3 heterocycles. The summed E-state index contributed by atoms with van der Waals surface area (Å²) in [6.07, 6.45) is 4.39. The van der Waals surface area contributed by atoms with E-state index in [2.05, 4.69) is 32.4 Å². The number of halogens is 2. The number of hydrogen-bond donors (Lipinski definition) is 6. The Morgan fingerprint density at radius 2 is 2.11 bits per heavy atom. The molecule has 0 radical (unpaired) electrons. The summed E-state index contributed by atoms with van der Waals surface area (Å²) in [7, 11) is 0. The predicted octanol–water partition coefficient (Wildman–Crippen LogP) is 0.623. The molecule has 1 fully saturated rings. The molecule has 2 aliphatic rings. The van der Waals surface area contributed by atoms with Crippen molar-refractivity contribution < 1.29 is 24.6 Å². The van der Waals surface area contributed by atoms with Crippen LogP contribution in [0.4, 0.5) is 0 Å². The summed E-state index contributed by atoms with van der Waals surface area (Å²) in [4.78, 5) is 45.8. The van der Waals surface area contributed by atoms with Crippen LogP contribution >= 0.6 is 23.2 Å². The maximum atomic E-state index is 13.2. The molecular formula is C28H31Cl2N9O5. The molecular weight excluding hydrogens is 613 g/mol. The number of β-amino-alcohol motifs (C(OH)–C–C–N with tert-alkyl or cyclic N) is 1. The Morgan fingerprint density at radius 1 is 1.34 bits per heavy atom. The number of nitrogens with one attached hydrogen (secondary N) is 3. The zero-order valence-corrected chi connectivity index (χ0v) is 25.0. The number of rotatable bonds is 9. The molecule has 44 heavy (non-hydrogen) atoms. The Hall–Kier alpha value is -4.42. The number of nitrogens with zero attached hydrogens (tertiary/aromatic N) is 5. The minimum atomic E-state index is -1.50. The Kier molecular flexibility index (Phi) is 10.6. The highest BCUT2D eigenvalue weighted by Gasteiger charge is 2.32. The van der Waals surface area contributed by atoms with E-state index in [4.69, 9.17) is 34.2 Å². The predicted molar refractivity (Wildman–Crippen MR) is 164 cm³/mol. The molecule has 2 aromatic rings. The van der Waals surface area contributed by atoms with E-state index >= 15 is 0 Å². The van der Waals surface area contributed by atoms with Crippen molar-refractivity contribution in [1.82, 2.24) is 30.6 Å². The first-order valence-electron chi connectivity index (χ1n) is 13.5. The number of aliphatic imine (C=N–C) groups is 1. The molecule has 1 aromatic carbocycles. The summed E-state index contributed by atoms with van der Waals surface area (Å²) in [5.74, 6) is -2.71. The van der Waals surface area contributed by atoms with Crippen LogP contribution in [0.3, 0.4) is 0 Å². The van der Waals surface area contributed by atoms with Gasteiger partial charge in [-0.1, -0.05) is 30.3 Å².